The third-order valence-corrected chi connectivity index (χ3v) is 5.08. The summed E-state index contributed by atoms with van der Waals surface area (Å²) in [4.78, 5) is 11.5. The number of aliphatic hydroxyl groups is 1. The van der Waals surface area contributed by atoms with Crippen molar-refractivity contribution in [1.82, 2.24) is 4.57 Å². The van der Waals surface area contributed by atoms with Gasteiger partial charge in [-0.25, -0.2) is 9.18 Å². The number of aromatic nitrogens is 1. The molecule has 0 radical (unpaired) electrons. The molecule has 1 aliphatic heterocycles. The van der Waals surface area contributed by atoms with Gasteiger partial charge in [-0.3, -0.25) is 0 Å². The number of esters is 1. The SMILES string of the molecule is O=C1OCC(c2cn(Cc3ccc(C(F)(F)F)cc3C(F)(F)F)c3ccc(F)cc23)=C1O. The van der Waals surface area contributed by atoms with Crippen LogP contribution in [0.5, 0.6) is 0 Å². The van der Waals surface area contributed by atoms with Crippen molar-refractivity contribution in [2.45, 2.75) is 18.9 Å². The van der Waals surface area contributed by atoms with Gasteiger partial charge in [0.05, 0.1) is 11.1 Å². The summed E-state index contributed by atoms with van der Waals surface area (Å²) in [5, 5.41) is 10.1. The molecule has 0 unspecified atom stereocenters. The van der Waals surface area contributed by atoms with Crippen molar-refractivity contribution in [3.8, 4) is 0 Å². The van der Waals surface area contributed by atoms with Crippen LogP contribution in [0.3, 0.4) is 0 Å². The number of benzene rings is 2. The second-order valence-corrected chi connectivity index (χ2v) is 7.10. The maximum atomic E-state index is 13.8. The Balaban J connectivity index is 1.87. The molecule has 32 heavy (non-hydrogen) atoms. The van der Waals surface area contributed by atoms with Gasteiger partial charge in [0.2, 0.25) is 5.76 Å². The second kappa shape index (κ2) is 7.28. The third-order valence-electron chi connectivity index (χ3n) is 5.08. The molecule has 168 valence electrons. The van der Waals surface area contributed by atoms with E-state index in [0.29, 0.717) is 6.07 Å². The average molecular weight is 459 g/mol. The molecule has 11 heteroatoms. The summed E-state index contributed by atoms with van der Waals surface area (Å²) in [5.41, 5.74) is -2.93. The van der Waals surface area contributed by atoms with Crippen molar-refractivity contribution in [3.63, 3.8) is 0 Å². The molecule has 2 aromatic carbocycles. The zero-order valence-electron chi connectivity index (χ0n) is 15.8. The van der Waals surface area contributed by atoms with Crippen LogP contribution in [-0.4, -0.2) is 22.2 Å². The number of fused-ring (bicyclic) bond motifs is 1. The first kappa shape index (κ1) is 21.7. The Morgan fingerprint density at radius 2 is 1.72 bits per heavy atom. The van der Waals surface area contributed by atoms with Gasteiger partial charge >= 0.3 is 18.3 Å². The number of halogens is 7. The number of carbonyl (C=O) groups is 1. The number of ether oxygens (including phenoxy) is 1. The molecule has 1 N–H and O–H groups in total. The largest absolute Gasteiger partial charge is 0.502 e. The molecule has 0 bridgehead atoms. The molecular formula is C21H12F7NO3. The lowest BCUT2D eigenvalue weighted by atomic mass is 10.0. The summed E-state index contributed by atoms with van der Waals surface area (Å²) < 4.78 is 99.2. The first-order valence-electron chi connectivity index (χ1n) is 9.01. The fourth-order valence-electron chi connectivity index (χ4n) is 3.58. The van der Waals surface area contributed by atoms with E-state index in [2.05, 4.69) is 0 Å². The number of cyclic esters (lactones) is 1. The number of carbonyl (C=O) groups excluding carboxylic acids is 1. The molecule has 4 nitrogen and oxygen atoms in total. The predicted octanol–water partition coefficient (Wildman–Crippen LogP) is 5.69. The van der Waals surface area contributed by atoms with Crippen LogP contribution in [0.2, 0.25) is 0 Å². The van der Waals surface area contributed by atoms with E-state index in [9.17, 15) is 40.6 Å². The van der Waals surface area contributed by atoms with Gasteiger partial charge in [-0.1, -0.05) is 6.07 Å². The molecular weight excluding hydrogens is 447 g/mol. The fourth-order valence-corrected chi connectivity index (χ4v) is 3.58. The maximum Gasteiger partial charge on any atom is 0.416 e. The van der Waals surface area contributed by atoms with E-state index in [1.54, 1.807) is 0 Å². The third kappa shape index (κ3) is 3.78. The van der Waals surface area contributed by atoms with Crippen LogP contribution in [-0.2, 0) is 28.4 Å². The van der Waals surface area contributed by atoms with Crippen LogP contribution >= 0.6 is 0 Å². The summed E-state index contributed by atoms with van der Waals surface area (Å²) >= 11 is 0. The van der Waals surface area contributed by atoms with E-state index in [0.717, 1.165) is 18.2 Å². The van der Waals surface area contributed by atoms with E-state index in [-0.39, 0.29) is 34.7 Å². The number of alkyl halides is 6. The Labute approximate surface area is 175 Å². The molecule has 1 aliphatic rings. The van der Waals surface area contributed by atoms with Crippen molar-refractivity contribution in [1.29, 1.82) is 0 Å². The summed E-state index contributed by atoms with van der Waals surface area (Å²) in [6.07, 6.45) is -8.72. The molecule has 0 amide bonds. The van der Waals surface area contributed by atoms with Crippen LogP contribution in [0.15, 0.2) is 48.4 Å². The van der Waals surface area contributed by atoms with Gasteiger partial charge in [0, 0.05) is 34.8 Å². The Morgan fingerprint density at radius 3 is 2.31 bits per heavy atom. The average Bonchev–Trinajstić information content (AvgIpc) is 3.20. The lowest BCUT2D eigenvalue weighted by molar-refractivity contribution is -0.143. The van der Waals surface area contributed by atoms with Crippen molar-refractivity contribution in [3.05, 3.63) is 76.4 Å². The van der Waals surface area contributed by atoms with E-state index >= 15 is 0 Å². The summed E-state index contributed by atoms with van der Waals surface area (Å²) in [6, 6.07) is 4.74. The number of hydrogen-bond acceptors (Lipinski definition) is 3. The second-order valence-electron chi connectivity index (χ2n) is 7.10. The van der Waals surface area contributed by atoms with Crippen LogP contribution in [0, 0.1) is 5.82 Å². The molecule has 0 aliphatic carbocycles. The minimum atomic E-state index is -5.05. The monoisotopic (exact) mass is 459 g/mol. The quantitative estimate of drug-likeness (QED) is 0.404. The molecule has 0 atom stereocenters. The highest BCUT2D eigenvalue weighted by Crippen LogP contribution is 2.39. The van der Waals surface area contributed by atoms with Gasteiger partial charge in [0.25, 0.3) is 0 Å². The number of aliphatic hydroxyl groups excluding tert-OH is 1. The van der Waals surface area contributed by atoms with E-state index < -0.39 is 53.1 Å². The van der Waals surface area contributed by atoms with Crippen molar-refractivity contribution in [2.75, 3.05) is 6.61 Å². The van der Waals surface area contributed by atoms with Crippen LogP contribution in [0.1, 0.15) is 22.3 Å². The number of rotatable bonds is 3. The lowest BCUT2D eigenvalue weighted by Gasteiger charge is -2.17. The molecule has 0 saturated carbocycles. The normalized spacial score (nSPS) is 15.0. The molecule has 2 heterocycles. The van der Waals surface area contributed by atoms with Crippen LogP contribution < -0.4 is 0 Å². The summed E-state index contributed by atoms with van der Waals surface area (Å²) in [7, 11) is 0. The first-order valence-corrected chi connectivity index (χ1v) is 9.01. The van der Waals surface area contributed by atoms with Gasteiger partial charge in [-0.15, -0.1) is 0 Å². The smallest absolute Gasteiger partial charge is 0.416 e. The van der Waals surface area contributed by atoms with Crippen LogP contribution in [0.4, 0.5) is 30.7 Å². The zero-order valence-corrected chi connectivity index (χ0v) is 15.8. The van der Waals surface area contributed by atoms with Gasteiger partial charge in [-0.2, -0.15) is 26.3 Å². The van der Waals surface area contributed by atoms with Crippen molar-refractivity contribution >= 4 is 22.4 Å². The maximum absolute atomic E-state index is 13.8. The Hall–Kier alpha value is -3.50. The predicted molar refractivity (Wildman–Crippen MR) is 98.0 cm³/mol. The van der Waals surface area contributed by atoms with E-state index in [1.165, 1.54) is 16.8 Å². The highest BCUT2D eigenvalue weighted by Gasteiger charge is 2.38. The molecule has 3 aromatic rings. The molecule has 1 aromatic heterocycles. The highest BCUT2D eigenvalue weighted by atomic mass is 19.4. The van der Waals surface area contributed by atoms with Crippen molar-refractivity contribution < 1.29 is 45.4 Å². The number of nitrogens with zero attached hydrogens (tertiary/aromatic N) is 1. The molecule has 0 spiro atoms. The number of hydrogen-bond donors (Lipinski definition) is 1. The topological polar surface area (TPSA) is 51.5 Å². The first-order chi connectivity index (χ1) is 14.9. The van der Waals surface area contributed by atoms with Gasteiger partial charge in [-0.05, 0) is 35.9 Å². The van der Waals surface area contributed by atoms with Gasteiger partial charge in [0.15, 0.2) is 0 Å². The minimum Gasteiger partial charge on any atom is -0.502 e. The van der Waals surface area contributed by atoms with Gasteiger partial charge < -0.3 is 14.4 Å². The Kier molecular flexibility index (Phi) is 4.94. The standard InChI is InChI=1S/C21H12F7NO3/c22-12-3-4-17-13(6-12)14(15-9-32-19(31)18(15)30)8-29(17)7-10-1-2-11(20(23,24)25)5-16(10)21(26,27)28/h1-6,8,30H,7,9H2. The summed E-state index contributed by atoms with van der Waals surface area (Å²) in [6.45, 7) is -0.827. The molecule has 0 saturated heterocycles. The fraction of sp³-hybridized carbons (Fsp3) is 0.190. The van der Waals surface area contributed by atoms with Crippen LogP contribution in [0.25, 0.3) is 16.5 Å². The molecule has 4 rings (SSSR count). The zero-order chi connectivity index (χ0) is 23.4. The Morgan fingerprint density at radius 1 is 1.00 bits per heavy atom. The molecule has 0 fully saturated rings. The van der Waals surface area contributed by atoms with Crippen molar-refractivity contribution in [2.24, 2.45) is 0 Å². The van der Waals surface area contributed by atoms with Gasteiger partial charge in [0.1, 0.15) is 12.4 Å². The lowest BCUT2D eigenvalue weighted by Crippen LogP contribution is -2.15. The van der Waals surface area contributed by atoms with E-state index in [4.69, 9.17) is 4.74 Å². The summed E-state index contributed by atoms with van der Waals surface area (Å²) in [5.74, 6) is -2.38. The Bertz CT molecular complexity index is 1270. The van der Waals surface area contributed by atoms with E-state index in [1.807, 2.05) is 0 Å². The highest BCUT2D eigenvalue weighted by molar-refractivity contribution is 6.04. The minimum absolute atomic E-state index is 0.0211.